The second kappa shape index (κ2) is 5.04. The minimum absolute atomic E-state index is 0.0173. The highest BCUT2D eigenvalue weighted by Gasteiger charge is 2.40. The Balaban J connectivity index is 1.78. The number of alkyl halides is 3. The minimum atomic E-state index is -4.49. The van der Waals surface area contributed by atoms with Crippen molar-refractivity contribution in [3.63, 3.8) is 0 Å². The molecule has 0 spiro atoms. The number of hydrogen-bond donors (Lipinski definition) is 2. The van der Waals surface area contributed by atoms with Crippen molar-refractivity contribution in [2.24, 2.45) is 11.8 Å². The van der Waals surface area contributed by atoms with Crippen LogP contribution in [-0.4, -0.2) is 29.3 Å². The van der Waals surface area contributed by atoms with Crippen LogP contribution in [0.2, 0.25) is 5.15 Å². The van der Waals surface area contributed by atoms with Crippen molar-refractivity contribution in [1.82, 2.24) is 15.5 Å². The summed E-state index contributed by atoms with van der Waals surface area (Å²) in [5.74, 6) is 0.865. The van der Waals surface area contributed by atoms with Crippen molar-refractivity contribution >= 4 is 17.4 Å². The summed E-state index contributed by atoms with van der Waals surface area (Å²) in [5, 5.41) is 13.0. The lowest BCUT2D eigenvalue weighted by Crippen LogP contribution is -2.23. The van der Waals surface area contributed by atoms with Crippen LogP contribution in [0.3, 0.4) is 0 Å². The number of hydrogen-bond acceptors (Lipinski definition) is 4. The molecule has 0 radical (unpaired) electrons. The lowest BCUT2D eigenvalue weighted by molar-refractivity contribution is -0.137. The van der Waals surface area contributed by atoms with E-state index in [-0.39, 0.29) is 17.0 Å². The Bertz CT molecular complexity index is 496. The van der Waals surface area contributed by atoms with Crippen molar-refractivity contribution in [2.45, 2.75) is 25.1 Å². The molecule has 0 aromatic carbocycles. The molecular formula is C12H14ClF3N4. The van der Waals surface area contributed by atoms with Crippen molar-refractivity contribution in [3.8, 4) is 0 Å². The van der Waals surface area contributed by atoms with E-state index in [0.717, 1.165) is 32.0 Å². The summed E-state index contributed by atoms with van der Waals surface area (Å²) in [5.41, 5.74) is -0.854. The highest BCUT2D eigenvalue weighted by atomic mass is 35.5. The van der Waals surface area contributed by atoms with Gasteiger partial charge in [-0.3, -0.25) is 0 Å². The van der Waals surface area contributed by atoms with Crippen LogP contribution < -0.4 is 10.6 Å². The number of fused-ring (bicyclic) bond motifs is 1. The fourth-order valence-corrected chi connectivity index (χ4v) is 3.31. The lowest BCUT2D eigenvalue weighted by Gasteiger charge is -2.18. The molecule has 1 unspecified atom stereocenters. The Kier molecular flexibility index (Phi) is 3.50. The number of anilines is 1. The molecule has 0 bridgehead atoms. The molecule has 1 saturated carbocycles. The summed E-state index contributed by atoms with van der Waals surface area (Å²) < 4.78 is 38.9. The summed E-state index contributed by atoms with van der Waals surface area (Å²) in [6.45, 7) is 1.89. The van der Waals surface area contributed by atoms with E-state index in [9.17, 15) is 13.2 Å². The van der Waals surface area contributed by atoms with Gasteiger partial charge >= 0.3 is 6.18 Å². The number of nitrogens with zero attached hydrogens (tertiary/aromatic N) is 2. The smallest absolute Gasteiger partial charge is 0.365 e. The summed E-state index contributed by atoms with van der Waals surface area (Å²) in [7, 11) is 0. The van der Waals surface area contributed by atoms with E-state index in [4.69, 9.17) is 11.6 Å². The van der Waals surface area contributed by atoms with Gasteiger partial charge in [-0.25, -0.2) is 0 Å². The van der Waals surface area contributed by atoms with Gasteiger partial charge in [-0.2, -0.15) is 13.2 Å². The van der Waals surface area contributed by atoms with E-state index in [2.05, 4.69) is 20.8 Å². The normalized spacial score (nSPS) is 29.5. The van der Waals surface area contributed by atoms with Gasteiger partial charge in [0.15, 0.2) is 11.0 Å². The summed E-state index contributed by atoms with van der Waals surface area (Å²) >= 11 is 5.51. The maximum Gasteiger partial charge on any atom is 0.420 e. The number of rotatable bonds is 2. The van der Waals surface area contributed by atoms with Crippen LogP contribution in [0.5, 0.6) is 0 Å². The molecule has 1 saturated heterocycles. The Morgan fingerprint density at radius 2 is 1.85 bits per heavy atom. The molecule has 1 aliphatic carbocycles. The average Bonchev–Trinajstić information content (AvgIpc) is 2.90. The second-order valence-corrected chi connectivity index (χ2v) is 5.81. The van der Waals surface area contributed by atoms with Crippen LogP contribution in [0.1, 0.15) is 18.4 Å². The summed E-state index contributed by atoms with van der Waals surface area (Å²) in [4.78, 5) is 0. The molecule has 2 heterocycles. The van der Waals surface area contributed by atoms with Gasteiger partial charge < -0.3 is 10.6 Å². The minimum Gasteiger partial charge on any atom is -0.365 e. The third kappa shape index (κ3) is 2.69. The SMILES string of the molecule is FC(F)(F)c1cc(Cl)nnc1NC1C[C@H]2CNC[C@H]2C1. The van der Waals surface area contributed by atoms with Crippen molar-refractivity contribution in [1.29, 1.82) is 0 Å². The first-order valence-corrected chi connectivity index (χ1v) is 6.89. The predicted octanol–water partition coefficient (Wildman–Crippen LogP) is 2.56. The highest BCUT2D eigenvalue weighted by molar-refractivity contribution is 6.29. The third-order valence-corrected chi connectivity index (χ3v) is 4.25. The number of nitrogens with one attached hydrogen (secondary N) is 2. The molecule has 2 fully saturated rings. The van der Waals surface area contributed by atoms with Crippen molar-refractivity contribution < 1.29 is 13.2 Å². The van der Waals surface area contributed by atoms with Crippen LogP contribution in [0.4, 0.5) is 19.0 Å². The molecular weight excluding hydrogens is 293 g/mol. The quantitative estimate of drug-likeness (QED) is 0.882. The molecule has 1 aliphatic heterocycles. The van der Waals surface area contributed by atoms with Crippen molar-refractivity contribution in [3.05, 3.63) is 16.8 Å². The molecule has 1 aromatic rings. The molecule has 2 aliphatic rings. The largest absolute Gasteiger partial charge is 0.420 e. The zero-order valence-corrected chi connectivity index (χ0v) is 11.3. The molecule has 4 nitrogen and oxygen atoms in total. The zero-order valence-electron chi connectivity index (χ0n) is 10.5. The number of aromatic nitrogens is 2. The van der Waals surface area contributed by atoms with E-state index in [1.807, 2.05) is 0 Å². The maximum absolute atomic E-state index is 13.0. The van der Waals surface area contributed by atoms with Crippen LogP contribution in [0.25, 0.3) is 0 Å². The first-order chi connectivity index (χ1) is 9.43. The van der Waals surface area contributed by atoms with Crippen molar-refractivity contribution in [2.75, 3.05) is 18.4 Å². The van der Waals surface area contributed by atoms with Crippen LogP contribution in [0, 0.1) is 11.8 Å². The van der Waals surface area contributed by atoms with Gasteiger partial charge in [0, 0.05) is 6.04 Å². The van der Waals surface area contributed by atoms with E-state index in [1.165, 1.54) is 0 Å². The van der Waals surface area contributed by atoms with Crippen LogP contribution in [0.15, 0.2) is 6.07 Å². The Hall–Kier alpha value is -1.08. The maximum atomic E-state index is 13.0. The van der Waals surface area contributed by atoms with Gasteiger partial charge in [0.1, 0.15) is 5.56 Å². The van der Waals surface area contributed by atoms with Crippen LogP contribution in [-0.2, 0) is 6.18 Å². The molecule has 2 N–H and O–H groups in total. The predicted molar refractivity (Wildman–Crippen MR) is 68.5 cm³/mol. The molecule has 3 rings (SSSR count). The van der Waals surface area contributed by atoms with Gasteiger partial charge in [-0.15, -0.1) is 10.2 Å². The van der Waals surface area contributed by atoms with Gasteiger partial charge in [-0.1, -0.05) is 11.6 Å². The molecule has 110 valence electrons. The molecule has 8 heteroatoms. The van der Waals surface area contributed by atoms with Gasteiger partial charge in [0.05, 0.1) is 0 Å². The topological polar surface area (TPSA) is 49.8 Å². The van der Waals surface area contributed by atoms with Gasteiger partial charge in [-0.05, 0) is 43.8 Å². The highest BCUT2D eigenvalue weighted by Crippen LogP contribution is 2.39. The first-order valence-electron chi connectivity index (χ1n) is 6.51. The van der Waals surface area contributed by atoms with E-state index < -0.39 is 11.7 Å². The summed E-state index contributed by atoms with van der Waals surface area (Å²) in [6, 6.07) is 0.831. The Morgan fingerprint density at radius 3 is 2.45 bits per heavy atom. The first kappa shape index (κ1) is 13.9. The van der Waals surface area contributed by atoms with Gasteiger partial charge in [0.25, 0.3) is 0 Å². The molecule has 3 atom stereocenters. The third-order valence-electron chi connectivity index (χ3n) is 4.06. The molecule has 0 amide bonds. The standard InChI is InChI=1S/C12H14ClF3N4/c13-10-3-9(12(14,15)16)11(20-19-10)18-8-1-6-4-17-5-7(6)2-8/h3,6-8,17H,1-2,4-5H2,(H,18,20)/t6-,7+,8?. The van der Waals surface area contributed by atoms with Crippen LogP contribution >= 0.6 is 11.6 Å². The Morgan fingerprint density at radius 1 is 1.20 bits per heavy atom. The molecule has 20 heavy (non-hydrogen) atoms. The monoisotopic (exact) mass is 306 g/mol. The fraction of sp³-hybridized carbons (Fsp3) is 0.667. The fourth-order valence-electron chi connectivity index (χ4n) is 3.17. The summed E-state index contributed by atoms with van der Waals surface area (Å²) in [6.07, 6.45) is -2.77. The number of halogens is 4. The van der Waals surface area contributed by atoms with Gasteiger partial charge in [0.2, 0.25) is 0 Å². The van der Waals surface area contributed by atoms with E-state index in [0.29, 0.717) is 11.8 Å². The second-order valence-electron chi connectivity index (χ2n) is 5.42. The lowest BCUT2D eigenvalue weighted by atomic mass is 10.0. The average molecular weight is 307 g/mol. The van der Waals surface area contributed by atoms with E-state index >= 15 is 0 Å². The molecule has 1 aromatic heterocycles. The Labute approximate surface area is 119 Å². The van der Waals surface area contributed by atoms with E-state index in [1.54, 1.807) is 0 Å². The zero-order chi connectivity index (χ0) is 14.3.